The number of nitrogens with one attached hydrogen (secondary N) is 1. The van der Waals surface area contributed by atoms with Crippen LogP contribution < -0.4 is 14.8 Å². The smallest absolute Gasteiger partial charge is 0.261 e. The van der Waals surface area contributed by atoms with E-state index in [-0.39, 0.29) is 24.5 Å². The average molecular weight is 431 g/mol. The summed E-state index contributed by atoms with van der Waals surface area (Å²) in [6.45, 7) is 2.80. The summed E-state index contributed by atoms with van der Waals surface area (Å²) in [6, 6.07) is 22.6. The Labute approximate surface area is 187 Å². The van der Waals surface area contributed by atoms with Gasteiger partial charge in [-0.3, -0.25) is 9.59 Å². The van der Waals surface area contributed by atoms with E-state index in [0.717, 1.165) is 22.4 Å². The normalized spacial score (nSPS) is 14.1. The van der Waals surface area contributed by atoms with Gasteiger partial charge in [0.15, 0.2) is 6.61 Å². The largest absolute Gasteiger partial charge is 0.497 e. The Morgan fingerprint density at radius 2 is 1.84 bits per heavy atom. The molecule has 1 N–H and O–H groups in total. The lowest BCUT2D eigenvalue weighted by molar-refractivity contribution is -0.133. The van der Waals surface area contributed by atoms with Gasteiger partial charge in [0.25, 0.3) is 11.8 Å². The molecule has 1 aliphatic rings. The lowest BCUT2D eigenvalue weighted by Gasteiger charge is -2.20. The number of carbonyl (C=O) groups is 2. The fourth-order valence-electron chi connectivity index (χ4n) is 3.71. The molecule has 0 spiro atoms. The summed E-state index contributed by atoms with van der Waals surface area (Å²) in [5.41, 5.74) is 3.38. The summed E-state index contributed by atoms with van der Waals surface area (Å²) in [4.78, 5) is 27.2. The number of rotatable bonds is 6. The van der Waals surface area contributed by atoms with Gasteiger partial charge in [-0.1, -0.05) is 42.5 Å². The molecule has 32 heavy (non-hydrogen) atoms. The summed E-state index contributed by atoms with van der Waals surface area (Å²) in [6.07, 6.45) is 0. The summed E-state index contributed by atoms with van der Waals surface area (Å²) in [5.74, 6) is 1.15. The molecule has 0 saturated heterocycles. The van der Waals surface area contributed by atoms with E-state index in [9.17, 15) is 9.59 Å². The number of hydrogen-bond donors (Lipinski definition) is 1. The Hall–Kier alpha value is -3.80. The van der Waals surface area contributed by atoms with Crippen LogP contribution in [0.3, 0.4) is 0 Å². The highest BCUT2D eigenvalue weighted by atomic mass is 16.5. The minimum absolute atomic E-state index is 0.0140. The average Bonchev–Trinajstić information content (AvgIpc) is 2.98. The third-order valence-electron chi connectivity index (χ3n) is 5.57. The van der Waals surface area contributed by atoms with Crippen molar-refractivity contribution in [2.45, 2.75) is 26.1 Å². The van der Waals surface area contributed by atoms with Crippen LogP contribution in [0, 0.1) is 0 Å². The lowest BCUT2D eigenvalue weighted by Crippen LogP contribution is -2.31. The standard InChI is InChI=1S/C26H26N2O4/c1-18(20-8-11-23(31-2)12-9-20)27-26(30)21-10-13-24-22(14-21)16-28(25(29)17-32-24)15-19-6-4-3-5-7-19/h3-14,18H,15-17H2,1-2H3,(H,27,30). The van der Waals surface area contributed by atoms with Gasteiger partial charge < -0.3 is 19.7 Å². The number of nitrogens with zero attached hydrogens (tertiary/aromatic N) is 1. The van der Waals surface area contributed by atoms with E-state index < -0.39 is 0 Å². The van der Waals surface area contributed by atoms with Crippen molar-refractivity contribution in [3.8, 4) is 11.5 Å². The number of methoxy groups -OCH3 is 1. The monoisotopic (exact) mass is 430 g/mol. The first-order valence-corrected chi connectivity index (χ1v) is 10.6. The van der Waals surface area contributed by atoms with Crippen molar-refractivity contribution in [2.75, 3.05) is 13.7 Å². The molecule has 4 rings (SSSR count). The quantitative estimate of drug-likeness (QED) is 0.639. The van der Waals surface area contributed by atoms with Gasteiger partial charge in [-0.15, -0.1) is 0 Å². The van der Waals surface area contributed by atoms with Crippen LogP contribution in [0.15, 0.2) is 72.8 Å². The Morgan fingerprint density at radius 3 is 2.56 bits per heavy atom. The van der Waals surface area contributed by atoms with Crippen LogP contribution in [0.25, 0.3) is 0 Å². The maximum atomic E-state index is 12.9. The highest BCUT2D eigenvalue weighted by molar-refractivity contribution is 5.95. The molecular formula is C26H26N2O4. The van der Waals surface area contributed by atoms with Crippen LogP contribution in [0.1, 0.15) is 40.0 Å². The van der Waals surface area contributed by atoms with E-state index in [4.69, 9.17) is 9.47 Å². The number of amides is 2. The minimum atomic E-state index is -0.179. The molecule has 1 aliphatic heterocycles. The zero-order valence-electron chi connectivity index (χ0n) is 18.2. The van der Waals surface area contributed by atoms with Gasteiger partial charge in [0, 0.05) is 24.2 Å². The fourth-order valence-corrected chi connectivity index (χ4v) is 3.71. The van der Waals surface area contributed by atoms with Crippen LogP contribution in [0.5, 0.6) is 11.5 Å². The van der Waals surface area contributed by atoms with Crippen molar-refractivity contribution < 1.29 is 19.1 Å². The Bertz CT molecular complexity index is 1100. The first kappa shape index (κ1) is 21.4. The van der Waals surface area contributed by atoms with Crippen molar-refractivity contribution in [3.05, 3.63) is 95.1 Å². The van der Waals surface area contributed by atoms with E-state index in [1.165, 1.54) is 0 Å². The third-order valence-corrected chi connectivity index (χ3v) is 5.57. The molecule has 1 heterocycles. The number of carbonyl (C=O) groups excluding carboxylic acids is 2. The highest BCUT2D eigenvalue weighted by Gasteiger charge is 2.23. The predicted octanol–water partition coefficient (Wildman–Crippen LogP) is 4.11. The van der Waals surface area contributed by atoms with Crippen molar-refractivity contribution in [1.82, 2.24) is 10.2 Å². The summed E-state index contributed by atoms with van der Waals surface area (Å²) in [5, 5.41) is 3.03. The SMILES string of the molecule is COc1ccc(C(C)NC(=O)c2ccc3c(c2)CN(Cc2ccccc2)C(=O)CO3)cc1. The molecule has 1 unspecified atom stereocenters. The number of hydrogen-bond acceptors (Lipinski definition) is 4. The molecule has 2 amide bonds. The van der Waals surface area contributed by atoms with Gasteiger partial charge >= 0.3 is 0 Å². The molecule has 3 aromatic carbocycles. The topological polar surface area (TPSA) is 67.9 Å². The Balaban J connectivity index is 1.49. The Kier molecular flexibility index (Phi) is 6.40. The Morgan fingerprint density at radius 1 is 1.09 bits per heavy atom. The molecule has 0 fully saturated rings. The summed E-state index contributed by atoms with van der Waals surface area (Å²) in [7, 11) is 1.62. The van der Waals surface area contributed by atoms with Crippen LogP contribution in [-0.4, -0.2) is 30.4 Å². The second-order valence-electron chi connectivity index (χ2n) is 7.81. The molecule has 0 radical (unpaired) electrons. The van der Waals surface area contributed by atoms with E-state index in [1.54, 1.807) is 24.1 Å². The molecule has 164 valence electrons. The first-order chi connectivity index (χ1) is 15.5. The van der Waals surface area contributed by atoms with Gasteiger partial charge in [0.1, 0.15) is 11.5 Å². The molecule has 6 heteroatoms. The third kappa shape index (κ3) is 4.91. The zero-order valence-corrected chi connectivity index (χ0v) is 18.2. The molecular weight excluding hydrogens is 404 g/mol. The van der Waals surface area contributed by atoms with Crippen LogP contribution >= 0.6 is 0 Å². The second kappa shape index (κ2) is 9.56. The fraction of sp³-hybridized carbons (Fsp3) is 0.231. The molecule has 1 atom stereocenters. The number of ether oxygens (including phenoxy) is 2. The van der Waals surface area contributed by atoms with Crippen molar-refractivity contribution >= 4 is 11.8 Å². The second-order valence-corrected chi connectivity index (χ2v) is 7.81. The molecule has 0 bridgehead atoms. The van der Waals surface area contributed by atoms with E-state index in [1.807, 2.05) is 67.6 Å². The van der Waals surface area contributed by atoms with Crippen molar-refractivity contribution in [1.29, 1.82) is 0 Å². The minimum Gasteiger partial charge on any atom is -0.497 e. The van der Waals surface area contributed by atoms with Gasteiger partial charge in [-0.05, 0) is 48.4 Å². The highest BCUT2D eigenvalue weighted by Crippen LogP contribution is 2.26. The van der Waals surface area contributed by atoms with E-state index >= 15 is 0 Å². The zero-order chi connectivity index (χ0) is 22.5. The predicted molar refractivity (Wildman–Crippen MR) is 122 cm³/mol. The molecule has 0 aromatic heterocycles. The van der Waals surface area contributed by atoms with Crippen molar-refractivity contribution in [3.63, 3.8) is 0 Å². The van der Waals surface area contributed by atoms with Crippen LogP contribution in [0.4, 0.5) is 0 Å². The summed E-state index contributed by atoms with van der Waals surface area (Å²) < 4.78 is 10.9. The first-order valence-electron chi connectivity index (χ1n) is 10.6. The van der Waals surface area contributed by atoms with Crippen LogP contribution in [-0.2, 0) is 17.9 Å². The lowest BCUT2D eigenvalue weighted by atomic mass is 10.1. The van der Waals surface area contributed by atoms with E-state index in [0.29, 0.717) is 24.4 Å². The maximum absolute atomic E-state index is 12.9. The number of benzene rings is 3. The molecule has 0 saturated carbocycles. The molecule has 3 aromatic rings. The number of fused-ring (bicyclic) bond motifs is 1. The van der Waals surface area contributed by atoms with Crippen molar-refractivity contribution in [2.24, 2.45) is 0 Å². The molecule has 0 aliphatic carbocycles. The maximum Gasteiger partial charge on any atom is 0.261 e. The summed E-state index contributed by atoms with van der Waals surface area (Å²) >= 11 is 0. The van der Waals surface area contributed by atoms with E-state index in [2.05, 4.69) is 5.32 Å². The van der Waals surface area contributed by atoms with Gasteiger partial charge in [0.2, 0.25) is 0 Å². The van der Waals surface area contributed by atoms with Crippen LogP contribution in [0.2, 0.25) is 0 Å². The molecule has 6 nitrogen and oxygen atoms in total. The van der Waals surface area contributed by atoms with Gasteiger partial charge in [0.05, 0.1) is 13.2 Å². The van der Waals surface area contributed by atoms with Gasteiger partial charge in [-0.25, -0.2) is 0 Å². The van der Waals surface area contributed by atoms with Gasteiger partial charge in [-0.2, -0.15) is 0 Å².